The van der Waals surface area contributed by atoms with E-state index in [1.165, 1.54) is 19.2 Å². The smallest absolute Gasteiger partial charge is 0.545 e. The SMILES string of the molecule is COc1cc(O[C@@H]2O[C@H](CO)[C@@H](O)[C@H](O)[C@H]2O)cc2c1ccc1c(C(=O)[O-])cc3c(c12)OCO3.[Na+]. The maximum absolute atomic E-state index is 11.8. The molecule has 5 atom stereocenters. The van der Waals surface area contributed by atoms with Crippen molar-refractivity contribution in [2.45, 2.75) is 30.7 Å². The zero-order valence-electron chi connectivity index (χ0n) is 18.8. The zero-order chi connectivity index (χ0) is 24.1. The van der Waals surface area contributed by atoms with Gasteiger partial charge in [0.2, 0.25) is 13.1 Å². The molecule has 2 heterocycles. The number of fused-ring (bicyclic) bond motifs is 5. The number of aliphatic hydroxyl groups is 4. The summed E-state index contributed by atoms with van der Waals surface area (Å²) in [6.45, 7) is -0.693. The summed E-state index contributed by atoms with van der Waals surface area (Å²) < 4.78 is 27.7. The number of carboxylic acid groups (broad SMARTS) is 1. The molecule has 5 rings (SSSR count). The number of aliphatic hydroxyl groups excluding tert-OH is 4. The number of carbonyl (C=O) groups excluding carboxylic acids is 1. The van der Waals surface area contributed by atoms with Crippen molar-refractivity contribution in [2.24, 2.45) is 0 Å². The third-order valence-corrected chi connectivity index (χ3v) is 6.05. The Hall–Kier alpha value is -2.35. The topological polar surface area (TPSA) is 167 Å². The van der Waals surface area contributed by atoms with Gasteiger partial charge in [-0.1, -0.05) is 6.07 Å². The Labute approximate surface area is 220 Å². The molecule has 0 saturated carbocycles. The average molecular weight is 496 g/mol. The number of aromatic carboxylic acids is 1. The fraction of sp³-hybridized carbons (Fsp3) is 0.348. The summed E-state index contributed by atoms with van der Waals surface area (Å²) in [4.78, 5) is 11.8. The van der Waals surface area contributed by atoms with Gasteiger partial charge in [-0.15, -0.1) is 0 Å². The van der Waals surface area contributed by atoms with Crippen LogP contribution >= 0.6 is 0 Å². The van der Waals surface area contributed by atoms with E-state index in [-0.39, 0.29) is 53.4 Å². The number of carboxylic acids is 1. The molecule has 0 amide bonds. The Morgan fingerprint density at radius 2 is 1.80 bits per heavy atom. The van der Waals surface area contributed by atoms with Crippen LogP contribution in [0.3, 0.4) is 0 Å². The third kappa shape index (κ3) is 4.28. The summed E-state index contributed by atoms with van der Waals surface area (Å²) in [6.07, 6.45) is -7.32. The van der Waals surface area contributed by atoms with Gasteiger partial charge in [-0.3, -0.25) is 0 Å². The van der Waals surface area contributed by atoms with Crippen molar-refractivity contribution in [2.75, 3.05) is 20.5 Å². The van der Waals surface area contributed by atoms with Gasteiger partial charge in [0.05, 0.1) is 19.7 Å². The molecule has 2 aliphatic rings. The minimum Gasteiger partial charge on any atom is -0.545 e. The number of benzene rings is 3. The number of hydrogen-bond acceptors (Lipinski definition) is 11. The molecular weight excluding hydrogens is 475 g/mol. The predicted octanol–water partition coefficient (Wildman–Crippen LogP) is -3.72. The van der Waals surface area contributed by atoms with Crippen LogP contribution in [0.1, 0.15) is 10.4 Å². The van der Waals surface area contributed by atoms with Crippen molar-refractivity contribution in [1.82, 2.24) is 0 Å². The number of carbonyl (C=O) groups is 1. The molecule has 0 unspecified atom stereocenters. The Morgan fingerprint density at radius 1 is 1.06 bits per heavy atom. The van der Waals surface area contributed by atoms with Gasteiger partial charge < -0.3 is 54.0 Å². The van der Waals surface area contributed by atoms with Crippen LogP contribution in [0.4, 0.5) is 0 Å². The molecule has 0 aliphatic carbocycles. The van der Waals surface area contributed by atoms with E-state index in [1.807, 2.05) is 0 Å². The summed E-state index contributed by atoms with van der Waals surface area (Å²) >= 11 is 0. The summed E-state index contributed by atoms with van der Waals surface area (Å²) in [7, 11) is 1.44. The van der Waals surface area contributed by atoms with Crippen LogP contribution in [-0.2, 0) is 4.74 Å². The van der Waals surface area contributed by atoms with Crippen LogP contribution in [-0.4, -0.2) is 77.6 Å². The van der Waals surface area contributed by atoms with E-state index in [1.54, 1.807) is 18.2 Å². The normalized spacial score (nSPS) is 25.3. The molecule has 35 heavy (non-hydrogen) atoms. The maximum Gasteiger partial charge on any atom is 1.00 e. The van der Waals surface area contributed by atoms with E-state index in [0.717, 1.165) is 0 Å². The van der Waals surface area contributed by atoms with Crippen molar-refractivity contribution < 1.29 is 83.6 Å². The molecule has 11 nitrogen and oxygen atoms in total. The number of ether oxygens (including phenoxy) is 5. The molecule has 0 spiro atoms. The van der Waals surface area contributed by atoms with Crippen LogP contribution in [0.5, 0.6) is 23.0 Å². The second kappa shape index (κ2) is 9.96. The first kappa shape index (κ1) is 25.7. The first-order valence-corrected chi connectivity index (χ1v) is 10.4. The number of hydrogen-bond donors (Lipinski definition) is 4. The molecule has 4 N–H and O–H groups in total. The Balaban J connectivity index is 0.00000289. The summed E-state index contributed by atoms with van der Waals surface area (Å²) in [5, 5.41) is 53.5. The molecule has 12 heteroatoms. The third-order valence-electron chi connectivity index (χ3n) is 6.05. The molecule has 2 aliphatic heterocycles. The van der Waals surface area contributed by atoms with E-state index in [4.69, 9.17) is 23.7 Å². The molecule has 0 bridgehead atoms. The monoisotopic (exact) mass is 496 g/mol. The average Bonchev–Trinajstić information content (AvgIpc) is 3.31. The molecule has 0 radical (unpaired) electrons. The second-order valence-corrected chi connectivity index (χ2v) is 7.97. The Kier molecular flexibility index (Phi) is 7.32. The first-order chi connectivity index (χ1) is 16.3. The van der Waals surface area contributed by atoms with Gasteiger partial charge in [0, 0.05) is 27.8 Å². The number of rotatable bonds is 5. The van der Waals surface area contributed by atoms with Crippen molar-refractivity contribution in [3.63, 3.8) is 0 Å². The van der Waals surface area contributed by atoms with Crippen LogP contribution in [0.15, 0.2) is 30.3 Å². The van der Waals surface area contributed by atoms with Gasteiger partial charge >= 0.3 is 29.6 Å². The van der Waals surface area contributed by atoms with E-state index in [0.29, 0.717) is 33.0 Å². The van der Waals surface area contributed by atoms with Crippen molar-refractivity contribution in [3.05, 3.63) is 35.9 Å². The molecule has 180 valence electrons. The first-order valence-electron chi connectivity index (χ1n) is 10.4. The van der Waals surface area contributed by atoms with Crippen LogP contribution in [0.2, 0.25) is 0 Å². The van der Waals surface area contributed by atoms with Crippen LogP contribution in [0.25, 0.3) is 21.5 Å². The fourth-order valence-electron chi connectivity index (χ4n) is 4.35. The molecule has 3 aromatic carbocycles. The summed E-state index contributed by atoms with van der Waals surface area (Å²) in [5.74, 6) is -0.280. The summed E-state index contributed by atoms with van der Waals surface area (Å²) in [6, 6.07) is 7.74. The fourth-order valence-corrected chi connectivity index (χ4v) is 4.35. The van der Waals surface area contributed by atoms with Gasteiger partial charge in [0.25, 0.3) is 0 Å². The Morgan fingerprint density at radius 3 is 2.49 bits per heavy atom. The van der Waals surface area contributed by atoms with Gasteiger partial charge in [-0.2, -0.15) is 0 Å². The molecular formula is C23H21NaO11. The molecule has 3 aromatic rings. The van der Waals surface area contributed by atoms with Crippen LogP contribution < -0.4 is 53.6 Å². The van der Waals surface area contributed by atoms with Gasteiger partial charge in [-0.05, 0) is 23.6 Å². The minimum absolute atomic E-state index is 0. The number of methoxy groups -OCH3 is 1. The van der Waals surface area contributed by atoms with E-state index in [9.17, 15) is 30.3 Å². The van der Waals surface area contributed by atoms with E-state index < -0.39 is 43.3 Å². The van der Waals surface area contributed by atoms with Crippen LogP contribution in [0, 0.1) is 0 Å². The van der Waals surface area contributed by atoms with Crippen molar-refractivity contribution in [3.8, 4) is 23.0 Å². The van der Waals surface area contributed by atoms with E-state index >= 15 is 0 Å². The Bertz CT molecular complexity index is 1280. The van der Waals surface area contributed by atoms with Gasteiger partial charge in [0.15, 0.2) is 11.5 Å². The minimum atomic E-state index is -1.61. The van der Waals surface area contributed by atoms with Crippen molar-refractivity contribution in [1.29, 1.82) is 0 Å². The van der Waals surface area contributed by atoms with Gasteiger partial charge in [-0.25, -0.2) is 0 Å². The summed E-state index contributed by atoms with van der Waals surface area (Å²) in [5.41, 5.74) is -0.0830. The molecule has 1 fully saturated rings. The molecule has 1 saturated heterocycles. The van der Waals surface area contributed by atoms with Crippen molar-refractivity contribution >= 4 is 27.5 Å². The second-order valence-electron chi connectivity index (χ2n) is 7.97. The largest absolute Gasteiger partial charge is 1.00 e. The maximum atomic E-state index is 11.8. The predicted molar refractivity (Wildman–Crippen MR) is 113 cm³/mol. The van der Waals surface area contributed by atoms with Gasteiger partial charge in [0.1, 0.15) is 35.9 Å². The zero-order valence-corrected chi connectivity index (χ0v) is 20.8. The quantitative estimate of drug-likeness (QED) is 0.203. The molecule has 0 aromatic heterocycles. The standard InChI is InChI=1S/C23H22O11.Na/c1-30-14-5-9(33-23-20(27)19(26)18(25)16(7-24)34-23)4-12-10(14)2-3-11-13(22(28)29)6-15-21(17(11)12)32-8-31-15;/h2-6,16,18-20,23-27H,7-8H2,1H3,(H,28,29);/q;+1/p-1/t16-,18-,19+,20-,23-;/m1./s1. The van der Waals surface area contributed by atoms with E-state index in [2.05, 4.69) is 0 Å².